The number of methoxy groups -OCH3 is 1. The van der Waals surface area contributed by atoms with Gasteiger partial charge >= 0.3 is 0 Å². The minimum absolute atomic E-state index is 0.265. The molecule has 0 aliphatic rings. The van der Waals surface area contributed by atoms with Gasteiger partial charge in [-0.05, 0) is 18.2 Å². The monoisotopic (exact) mass is 321 g/mol. The number of halogens is 1. The number of hydrogen-bond acceptors (Lipinski definition) is 5. The molecular formula is C15H16ClN3O3. The number of benzene rings is 1. The van der Waals surface area contributed by atoms with Crippen molar-refractivity contribution in [1.82, 2.24) is 4.98 Å². The molecule has 6 nitrogen and oxygen atoms in total. The van der Waals surface area contributed by atoms with Crippen molar-refractivity contribution < 1.29 is 14.3 Å². The number of primary amides is 1. The molecule has 116 valence electrons. The number of pyridine rings is 1. The summed E-state index contributed by atoms with van der Waals surface area (Å²) >= 11 is 6.02. The van der Waals surface area contributed by atoms with Gasteiger partial charge in [0.1, 0.15) is 12.4 Å². The highest BCUT2D eigenvalue weighted by Gasteiger charge is 2.07. The van der Waals surface area contributed by atoms with E-state index in [4.69, 9.17) is 26.8 Å². The lowest BCUT2D eigenvalue weighted by Gasteiger charge is -2.11. The van der Waals surface area contributed by atoms with Gasteiger partial charge in [-0.1, -0.05) is 23.7 Å². The molecule has 0 radical (unpaired) electrons. The Kier molecular flexibility index (Phi) is 5.43. The third kappa shape index (κ3) is 4.02. The molecule has 0 bridgehead atoms. The summed E-state index contributed by atoms with van der Waals surface area (Å²) in [5, 5.41) is 3.35. The number of para-hydroxylation sites is 2. The lowest BCUT2D eigenvalue weighted by atomic mass is 10.3. The zero-order valence-corrected chi connectivity index (χ0v) is 12.8. The zero-order chi connectivity index (χ0) is 15.9. The van der Waals surface area contributed by atoms with Gasteiger partial charge in [0.2, 0.25) is 5.91 Å². The molecule has 0 unspecified atom stereocenters. The van der Waals surface area contributed by atoms with E-state index < -0.39 is 5.91 Å². The van der Waals surface area contributed by atoms with E-state index in [1.54, 1.807) is 7.11 Å². The highest BCUT2D eigenvalue weighted by molar-refractivity contribution is 6.33. The van der Waals surface area contributed by atoms with E-state index in [2.05, 4.69) is 10.3 Å². The molecule has 0 aliphatic carbocycles. The molecule has 1 aromatic heterocycles. The van der Waals surface area contributed by atoms with E-state index in [1.807, 2.05) is 24.3 Å². The number of ether oxygens (including phenoxy) is 2. The Morgan fingerprint density at radius 2 is 2.09 bits per heavy atom. The second kappa shape index (κ2) is 7.51. The van der Waals surface area contributed by atoms with E-state index in [9.17, 15) is 4.79 Å². The van der Waals surface area contributed by atoms with E-state index in [0.29, 0.717) is 35.5 Å². The Morgan fingerprint density at radius 1 is 1.36 bits per heavy atom. The fourth-order valence-electron chi connectivity index (χ4n) is 1.77. The third-order valence-electron chi connectivity index (χ3n) is 2.85. The molecule has 0 atom stereocenters. The fraction of sp³-hybridized carbons (Fsp3) is 0.200. The molecule has 0 fully saturated rings. The van der Waals surface area contributed by atoms with Crippen molar-refractivity contribution in [3.8, 4) is 11.5 Å². The normalized spacial score (nSPS) is 10.1. The first-order valence-electron chi connectivity index (χ1n) is 6.57. The van der Waals surface area contributed by atoms with E-state index in [-0.39, 0.29) is 5.56 Å². The number of carbonyl (C=O) groups excluding carboxylic acids is 1. The predicted molar refractivity (Wildman–Crippen MR) is 84.7 cm³/mol. The van der Waals surface area contributed by atoms with Crippen LogP contribution in [0, 0.1) is 0 Å². The highest BCUT2D eigenvalue weighted by Crippen LogP contribution is 2.25. The highest BCUT2D eigenvalue weighted by atomic mass is 35.5. The van der Waals surface area contributed by atoms with Crippen LogP contribution < -0.4 is 20.5 Å². The Bertz CT molecular complexity index is 664. The van der Waals surface area contributed by atoms with Gasteiger partial charge in [0.05, 0.1) is 24.2 Å². The Balaban J connectivity index is 1.88. The molecule has 0 spiro atoms. The Labute approximate surface area is 133 Å². The van der Waals surface area contributed by atoms with Gasteiger partial charge in [0.15, 0.2) is 11.5 Å². The topological polar surface area (TPSA) is 86.5 Å². The van der Waals surface area contributed by atoms with Crippen molar-refractivity contribution in [3.05, 3.63) is 47.1 Å². The Hall–Kier alpha value is -2.47. The van der Waals surface area contributed by atoms with Gasteiger partial charge in [-0.25, -0.2) is 4.98 Å². The first kappa shape index (κ1) is 15.9. The van der Waals surface area contributed by atoms with Crippen LogP contribution in [-0.2, 0) is 0 Å². The number of hydrogen-bond donors (Lipinski definition) is 2. The maximum Gasteiger partial charge on any atom is 0.250 e. The van der Waals surface area contributed by atoms with Crippen molar-refractivity contribution in [1.29, 1.82) is 0 Å². The summed E-state index contributed by atoms with van der Waals surface area (Å²) in [6, 6.07) is 8.86. The first-order valence-corrected chi connectivity index (χ1v) is 6.94. The summed E-state index contributed by atoms with van der Waals surface area (Å²) in [5.41, 5.74) is 5.42. The molecule has 3 N–H and O–H groups in total. The number of aromatic nitrogens is 1. The Morgan fingerprint density at radius 3 is 2.73 bits per heavy atom. The molecule has 0 saturated carbocycles. The van der Waals surface area contributed by atoms with Gasteiger partial charge in [-0.2, -0.15) is 0 Å². The van der Waals surface area contributed by atoms with Crippen LogP contribution >= 0.6 is 11.6 Å². The summed E-state index contributed by atoms with van der Waals surface area (Å²) in [7, 11) is 1.59. The van der Waals surface area contributed by atoms with Crippen molar-refractivity contribution in [3.63, 3.8) is 0 Å². The van der Waals surface area contributed by atoms with Crippen LogP contribution in [-0.4, -0.2) is 31.2 Å². The summed E-state index contributed by atoms with van der Waals surface area (Å²) in [6.45, 7) is 0.886. The third-order valence-corrected chi connectivity index (χ3v) is 3.13. The second-order valence-corrected chi connectivity index (χ2v) is 4.75. The number of rotatable bonds is 7. The van der Waals surface area contributed by atoms with Crippen molar-refractivity contribution >= 4 is 23.3 Å². The fourth-order valence-corrected chi connectivity index (χ4v) is 2.00. The molecule has 2 rings (SSSR count). The number of amides is 1. The molecule has 22 heavy (non-hydrogen) atoms. The molecular weight excluding hydrogens is 306 g/mol. The minimum Gasteiger partial charge on any atom is -0.493 e. The summed E-state index contributed by atoms with van der Waals surface area (Å²) in [5.74, 6) is 1.23. The van der Waals surface area contributed by atoms with Gasteiger partial charge < -0.3 is 20.5 Å². The summed E-state index contributed by atoms with van der Waals surface area (Å²) in [4.78, 5) is 15.1. The first-order chi connectivity index (χ1) is 10.6. The number of nitrogens with two attached hydrogens (primary N) is 1. The standard InChI is InChI=1S/C15H16ClN3O3/c1-21-12-4-2-3-5-13(12)22-7-6-18-15-11(16)8-10(9-19-15)14(17)20/h2-5,8-9H,6-7H2,1H3,(H2,17,20)(H,18,19). The van der Waals surface area contributed by atoms with Crippen LogP contribution in [0.4, 0.5) is 5.82 Å². The van der Waals surface area contributed by atoms with Crippen LogP contribution in [0.15, 0.2) is 36.5 Å². The SMILES string of the molecule is COc1ccccc1OCCNc1ncc(C(N)=O)cc1Cl. The van der Waals surface area contributed by atoms with Gasteiger partial charge in [-0.3, -0.25) is 4.79 Å². The molecule has 0 aliphatic heterocycles. The molecule has 7 heteroatoms. The number of anilines is 1. The zero-order valence-electron chi connectivity index (χ0n) is 12.0. The van der Waals surface area contributed by atoms with E-state index >= 15 is 0 Å². The van der Waals surface area contributed by atoms with Crippen molar-refractivity contribution in [2.45, 2.75) is 0 Å². The summed E-state index contributed by atoms with van der Waals surface area (Å²) < 4.78 is 10.8. The van der Waals surface area contributed by atoms with E-state index in [1.165, 1.54) is 12.3 Å². The van der Waals surface area contributed by atoms with Crippen LogP contribution in [0.1, 0.15) is 10.4 Å². The number of nitrogens with one attached hydrogen (secondary N) is 1. The predicted octanol–water partition coefficient (Wildman–Crippen LogP) is 2.33. The van der Waals surface area contributed by atoms with Crippen molar-refractivity contribution in [2.24, 2.45) is 5.73 Å². The van der Waals surface area contributed by atoms with Crippen LogP contribution in [0.2, 0.25) is 5.02 Å². The van der Waals surface area contributed by atoms with Crippen molar-refractivity contribution in [2.75, 3.05) is 25.6 Å². The summed E-state index contributed by atoms with van der Waals surface area (Å²) in [6.07, 6.45) is 1.37. The number of carbonyl (C=O) groups is 1. The largest absolute Gasteiger partial charge is 0.493 e. The quantitative estimate of drug-likeness (QED) is 0.764. The molecule has 1 amide bonds. The molecule has 1 aromatic carbocycles. The molecule has 0 saturated heterocycles. The van der Waals surface area contributed by atoms with Crippen LogP contribution in [0.3, 0.4) is 0 Å². The molecule has 1 heterocycles. The maximum atomic E-state index is 11.0. The average Bonchev–Trinajstić information content (AvgIpc) is 2.52. The van der Waals surface area contributed by atoms with Gasteiger partial charge in [-0.15, -0.1) is 0 Å². The lowest BCUT2D eigenvalue weighted by Crippen LogP contribution is -2.15. The maximum absolute atomic E-state index is 11.0. The molecule has 2 aromatic rings. The van der Waals surface area contributed by atoms with E-state index in [0.717, 1.165) is 0 Å². The second-order valence-electron chi connectivity index (χ2n) is 4.34. The smallest absolute Gasteiger partial charge is 0.250 e. The lowest BCUT2D eigenvalue weighted by molar-refractivity contribution is 0.1000. The number of nitrogens with zero attached hydrogens (tertiary/aromatic N) is 1. The minimum atomic E-state index is -0.569. The van der Waals surface area contributed by atoms with Crippen LogP contribution in [0.25, 0.3) is 0 Å². The average molecular weight is 322 g/mol. The van der Waals surface area contributed by atoms with Gasteiger partial charge in [0.25, 0.3) is 0 Å². The van der Waals surface area contributed by atoms with Crippen LogP contribution in [0.5, 0.6) is 11.5 Å². The van der Waals surface area contributed by atoms with Gasteiger partial charge in [0, 0.05) is 6.20 Å².